The molecule has 0 saturated carbocycles. The van der Waals surface area contributed by atoms with E-state index in [1.807, 2.05) is 0 Å². The van der Waals surface area contributed by atoms with E-state index in [1.54, 1.807) is 6.92 Å². The van der Waals surface area contributed by atoms with Gasteiger partial charge in [-0.25, -0.2) is 0 Å². The molecule has 0 bridgehead atoms. The lowest BCUT2D eigenvalue weighted by molar-refractivity contribution is -0.117. The third-order valence-corrected chi connectivity index (χ3v) is 2.02. The summed E-state index contributed by atoms with van der Waals surface area (Å²) in [5.74, 6) is 0.233. The van der Waals surface area contributed by atoms with Crippen molar-refractivity contribution in [2.45, 2.75) is 46.5 Å². The number of aldehydes is 1. The fraction of sp³-hybridized carbons (Fsp3) is 0.800. The van der Waals surface area contributed by atoms with E-state index < -0.39 is 0 Å². The van der Waals surface area contributed by atoms with Gasteiger partial charge in [-0.05, 0) is 25.2 Å². The summed E-state index contributed by atoms with van der Waals surface area (Å²) in [6.45, 7) is 5.72. The largest absolute Gasteiger partial charge is 0.303 e. The molecule has 0 N–H and O–H groups in total. The molecule has 0 aromatic heterocycles. The number of rotatable bonds is 6. The molecule has 0 spiro atoms. The summed E-state index contributed by atoms with van der Waals surface area (Å²) in [7, 11) is 0. The predicted octanol–water partition coefficient (Wildman–Crippen LogP) is 2.36. The van der Waals surface area contributed by atoms with Crippen molar-refractivity contribution >= 4 is 12.1 Å². The van der Waals surface area contributed by atoms with Gasteiger partial charge in [-0.3, -0.25) is 0 Å². The highest BCUT2D eigenvalue weighted by atomic mass is 16.1. The Kier molecular flexibility index (Phi) is 4.79. The highest BCUT2D eigenvalue weighted by molar-refractivity contribution is 5.75. The second-order valence-electron chi connectivity index (χ2n) is 4.09. The number of ketones is 1. The zero-order chi connectivity index (χ0) is 9.61. The van der Waals surface area contributed by atoms with Gasteiger partial charge in [-0.15, -0.1) is 0 Å². The van der Waals surface area contributed by atoms with Crippen molar-refractivity contribution in [3.8, 4) is 0 Å². The van der Waals surface area contributed by atoms with E-state index in [0.29, 0.717) is 12.8 Å². The van der Waals surface area contributed by atoms with Gasteiger partial charge in [-0.1, -0.05) is 13.8 Å². The van der Waals surface area contributed by atoms with E-state index in [9.17, 15) is 9.59 Å². The number of carbonyl (C=O) groups excluding carboxylic acids is 2. The predicted molar refractivity (Wildman–Crippen MR) is 49.0 cm³/mol. The molecule has 0 fully saturated rings. The molecule has 0 rings (SSSR count). The Morgan fingerprint density at radius 3 is 2.42 bits per heavy atom. The van der Waals surface area contributed by atoms with Gasteiger partial charge in [0.05, 0.1) is 0 Å². The van der Waals surface area contributed by atoms with Crippen LogP contribution in [0.15, 0.2) is 0 Å². The molecule has 0 radical (unpaired) electrons. The quantitative estimate of drug-likeness (QED) is 0.573. The highest BCUT2D eigenvalue weighted by Gasteiger charge is 2.16. The molecule has 2 nitrogen and oxygen atoms in total. The molecule has 12 heavy (non-hydrogen) atoms. The van der Waals surface area contributed by atoms with Crippen molar-refractivity contribution in [1.29, 1.82) is 0 Å². The summed E-state index contributed by atoms with van der Waals surface area (Å²) in [6.07, 6.45) is 4.03. The lowest BCUT2D eigenvalue weighted by atomic mass is 9.84. The van der Waals surface area contributed by atoms with Crippen LogP contribution in [-0.2, 0) is 9.59 Å². The molecule has 0 aromatic carbocycles. The summed E-state index contributed by atoms with van der Waals surface area (Å²) < 4.78 is 0. The van der Waals surface area contributed by atoms with Crippen LogP contribution in [0.5, 0.6) is 0 Å². The molecule has 0 atom stereocenters. The van der Waals surface area contributed by atoms with Gasteiger partial charge >= 0.3 is 0 Å². The van der Waals surface area contributed by atoms with E-state index in [4.69, 9.17) is 0 Å². The van der Waals surface area contributed by atoms with Crippen LogP contribution < -0.4 is 0 Å². The van der Waals surface area contributed by atoms with Crippen molar-refractivity contribution in [2.75, 3.05) is 0 Å². The van der Waals surface area contributed by atoms with Crippen LogP contribution in [0.4, 0.5) is 0 Å². The van der Waals surface area contributed by atoms with Gasteiger partial charge in [-0.2, -0.15) is 0 Å². The Hall–Kier alpha value is -0.660. The highest BCUT2D eigenvalue weighted by Crippen LogP contribution is 2.25. The van der Waals surface area contributed by atoms with Gasteiger partial charge in [0.15, 0.2) is 0 Å². The monoisotopic (exact) mass is 170 g/mol. The molecular formula is C10H18O2. The topological polar surface area (TPSA) is 34.1 Å². The lowest BCUT2D eigenvalue weighted by Gasteiger charge is -2.20. The molecule has 0 aliphatic carbocycles. The molecule has 0 aliphatic heterocycles. The number of Topliss-reactive ketones (excluding diaryl/α,β-unsaturated/α-hetero) is 1. The number of hydrogen-bond acceptors (Lipinski definition) is 2. The Morgan fingerprint density at radius 2 is 2.00 bits per heavy atom. The van der Waals surface area contributed by atoms with Crippen molar-refractivity contribution in [2.24, 2.45) is 5.41 Å². The van der Waals surface area contributed by atoms with Crippen LogP contribution in [0, 0.1) is 5.41 Å². The minimum absolute atomic E-state index is 0.0667. The molecule has 2 heteroatoms. The van der Waals surface area contributed by atoms with Crippen molar-refractivity contribution in [3.05, 3.63) is 0 Å². The molecule has 0 aliphatic rings. The maximum atomic E-state index is 10.6. The lowest BCUT2D eigenvalue weighted by Crippen LogP contribution is -2.12. The third kappa shape index (κ3) is 6.08. The maximum Gasteiger partial charge on any atom is 0.129 e. The maximum absolute atomic E-state index is 10.6. The van der Waals surface area contributed by atoms with Crippen LogP contribution >= 0.6 is 0 Å². The van der Waals surface area contributed by atoms with Crippen molar-refractivity contribution in [1.82, 2.24) is 0 Å². The number of carbonyl (C=O) groups is 2. The van der Waals surface area contributed by atoms with E-state index >= 15 is 0 Å². The second kappa shape index (κ2) is 5.07. The van der Waals surface area contributed by atoms with Crippen molar-refractivity contribution < 1.29 is 9.59 Å². The molecule has 0 heterocycles. The SMILES string of the molecule is CC(=O)CCCC(C)(C)CC=O. The Labute approximate surface area is 74.3 Å². The first kappa shape index (κ1) is 11.3. The second-order valence-corrected chi connectivity index (χ2v) is 4.09. The summed E-state index contributed by atoms with van der Waals surface area (Å²) in [5.41, 5.74) is 0.0667. The molecule has 0 unspecified atom stereocenters. The number of hydrogen-bond donors (Lipinski definition) is 0. The average molecular weight is 170 g/mol. The fourth-order valence-corrected chi connectivity index (χ4v) is 1.14. The summed E-state index contributed by atoms with van der Waals surface area (Å²) in [6, 6.07) is 0. The van der Waals surface area contributed by atoms with Crippen LogP contribution in [0.3, 0.4) is 0 Å². The molecule has 0 amide bonds. The normalized spacial score (nSPS) is 11.2. The summed E-state index contributed by atoms with van der Waals surface area (Å²) in [5, 5.41) is 0. The first-order valence-corrected chi connectivity index (χ1v) is 4.41. The Morgan fingerprint density at radius 1 is 1.42 bits per heavy atom. The van der Waals surface area contributed by atoms with Gasteiger partial charge in [0, 0.05) is 12.8 Å². The summed E-state index contributed by atoms with van der Waals surface area (Å²) >= 11 is 0. The standard InChI is InChI=1S/C10H18O2/c1-9(12)5-4-6-10(2,3)7-8-11/h8H,4-7H2,1-3H3. The van der Waals surface area contributed by atoms with E-state index in [2.05, 4.69) is 13.8 Å². The average Bonchev–Trinajstić information content (AvgIpc) is 1.85. The van der Waals surface area contributed by atoms with Crippen LogP contribution in [0.25, 0.3) is 0 Å². The Bertz CT molecular complexity index is 159. The molecule has 70 valence electrons. The van der Waals surface area contributed by atoms with Crippen LogP contribution in [-0.4, -0.2) is 12.1 Å². The Balaban J connectivity index is 3.60. The fourth-order valence-electron chi connectivity index (χ4n) is 1.14. The minimum atomic E-state index is 0.0667. The van der Waals surface area contributed by atoms with Crippen molar-refractivity contribution in [3.63, 3.8) is 0 Å². The van der Waals surface area contributed by atoms with Gasteiger partial charge < -0.3 is 9.59 Å². The third-order valence-electron chi connectivity index (χ3n) is 2.02. The smallest absolute Gasteiger partial charge is 0.129 e. The van der Waals surface area contributed by atoms with E-state index in [0.717, 1.165) is 19.1 Å². The zero-order valence-corrected chi connectivity index (χ0v) is 8.22. The first-order chi connectivity index (χ1) is 5.48. The first-order valence-electron chi connectivity index (χ1n) is 4.41. The van der Waals surface area contributed by atoms with E-state index in [-0.39, 0.29) is 11.2 Å². The molecule has 0 aromatic rings. The van der Waals surface area contributed by atoms with Gasteiger partial charge in [0.1, 0.15) is 12.1 Å². The van der Waals surface area contributed by atoms with Crippen LogP contribution in [0.2, 0.25) is 0 Å². The molecular weight excluding hydrogens is 152 g/mol. The molecule has 0 saturated heterocycles. The minimum Gasteiger partial charge on any atom is -0.303 e. The van der Waals surface area contributed by atoms with E-state index in [1.165, 1.54) is 0 Å². The zero-order valence-electron chi connectivity index (χ0n) is 8.22. The van der Waals surface area contributed by atoms with Gasteiger partial charge in [0.2, 0.25) is 0 Å². The summed E-state index contributed by atoms with van der Waals surface area (Å²) in [4.78, 5) is 20.9. The van der Waals surface area contributed by atoms with Gasteiger partial charge in [0.25, 0.3) is 0 Å². The van der Waals surface area contributed by atoms with Crippen LogP contribution in [0.1, 0.15) is 46.5 Å².